The lowest BCUT2D eigenvalue weighted by Gasteiger charge is -2.25. The average molecular weight is 335 g/mol. The van der Waals surface area contributed by atoms with Gasteiger partial charge >= 0.3 is 0 Å². The molecule has 0 heterocycles. The number of rotatable bonds is 12. The predicted molar refractivity (Wildman–Crippen MR) is 99.3 cm³/mol. The molecule has 2 nitrogen and oxygen atoms in total. The van der Waals surface area contributed by atoms with Crippen LogP contribution in [0.2, 0.25) is 51.4 Å². The maximum atomic E-state index is 6.20. The Hall–Kier alpha value is 0.571. The third-order valence-corrected chi connectivity index (χ3v) is 12.6. The quantitative estimate of drug-likeness (QED) is 0.352. The fourth-order valence-electron chi connectivity index (χ4n) is 2.61. The Balaban J connectivity index is 3.45. The van der Waals surface area contributed by atoms with Crippen molar-refractivity contribution in [3.8, 4) is 0 Å². The van der Waals surface area contributed by atoms with Gasteiger partial charge in [-0.3, -0.25) is 0 Å². The lowest BCUT2D eigenvalue weighted by Crippen LogP contribution is -2.34. The first-order valence-electron chi connectivity index (χ1n) is 8.41. The van der Waals surface area contributed by atoms with Gasteiger partial charge in [0.2, 0.25) is 0 Å². The van der Waals surface area contributed by atoms with Crippen molar-refractivity contribution in [3.63, 3.8) is 0 Å². The first kappa shape index (κ1) is 20.6. The Labute approximate surface area is 131 Å². The third kappa shape index (κ3) is 12.3. The fraction of sp³-hybridized carbons (Fsp3) is 1.00. The first-order valence-corrected chi connectivity index (χ1v) is 17.4. The van der Waals surface area contributed by atoms with Gasteiger partial charge < -0.3 is 8.54 Å². The summed E-state index contributed by atoms with van der Waals surface area (Å²) in [7, 11) is -1.58. The maximum Gasteiger partial charge on any atom is 0.186 e. The molecule has 0 aromatic carbocycles. The Morgan fingerprint density at radius 1 is 0.700 bits per heavy atom. The molecule has 0 saturated carbocycles. The smallest absolute Gasteiger partial charge is 0.186 e. The van der Waals surface area contributed by atoms with Crippen molar-refractivity contribution in [1.82, 2.24) is 0 Å². The Morgan fingerprint density at radius 2 is 1.10 bits per heavy atom. The van der Waals surface area contributed by atoms with Crippen LogP contribution < -0.4 is 0 Å². The van der Waals surface area contributed by atoms with E-state index in [1.165, 1.54) is 50.6 Å². The standard InChI is InChI=1S/C15H38O2Si3/c1-16-19(4,5)14-12-10-8-9-11-13-15-20(6,7)17-18(2)3/h18H,8-15H2,1-7H3. The van der Waals surface area contributed by atoms with Crippen molar-refractivity contribution in [1.29, 1.82) is 0 Å². The molecule has 0 rings (SSSR count). The summed E-state index contributed by atoms with van der Waals surface area (Å²) >= 11 is 0. The van der Waals surface area contributed by atoms with Gasteiger partial charge in [-0.15, -0.1) is 0 Å². The molecule has 0 amide bonds. The normalized spacial score (nSPS) is 13.2. The van der Waals surface area contributed by atoms with Crippen LogP contribution in [0.1, 0.15) is 38.5 Å². The van der Waals surface area contributed by atoms with Crippen molar-refractivity contribution >= 4 is 25.7 Å². The minimum absolute atomic E-state index is 0.836. The molecule has 20 heavy (non-hydrogen) atoms. The van der Waals surface area contributed by atoms with Gasteiger partial charge in [0.25, 0.3) is 0 Å². The van der Waals surface area contributed by atoms with Crippen molar-refractivity contribution < 1.29 is 8.54 Å². The highest BCUT2D eigenvalue weighted by atomic mass is 28.4. The molecule has 5 heteroatoms. The second-order valence-corrected chi connectivity index (χ2v) is 19.0. The minimum Gasteiger partial charge on any atom is -0.458 e. The lowest BCUT2D eigenvalue weighted by molar-refractivity contribution is 0.400. The fourth-order valence-corrected chi connectivity index (χ4v) is 10.6. The SMILES string of the molecule is CO[Si](C)(C)CCCCCCCC[Si](C)(C)O[SiH](C)C. The van der Waals surface area contributed by atoms with Crippen LogP contribution in [0.15, 0.2) is 0 Å². The van der Waals surface area contributed by atoms with Gasteiger partial charge in [-0.2, -0.15) is 0 Å². The van der Waals surface area contributed by atoms with Gasteiger partial charge in [-0.1, -0.05) is 38.5 Å². The zero-order valence-corrected chi connectivity index (χ0v) is 18.2. The van der Waals surface area contributed by atoms with Crippen molar-refractivity contribution in [2.75, 3.05) is 7.11 Å². The summed E-state index contributed by atoms with van der Waals surface area (Å²) in [4.78, 5) is 0. The lowest BCUT2D eigenvalue weighted by atomic mass is 10.1. The first-order chi connectivity index (χ1) is 9.18. The number of hydrogen-bond acceptors (Lipinski definition) is 2. The molecule has 0 atom stereocenters. The largest absolute Gasteiger partial charge is 0.458 e. The van der Waals surface area contributed by atoms with Gasteiger partial charge in [0.05, 0.1) is 0 Å². The molecular formula is C15H38O2Si3. The molecule has 122 valence electrons. The van der Waals surface area contributed by atoms with Crippen LogP contribution in [0.25, 0.3) is 0 Å². The van der Waals surface area contributed by atoms with Crippen molar-refractivity contribution in [2.24, 2.45) is 0 Å². The van der Waals surface area contributed by atoms with Crippen LogP contribution in [0, 0.1) is 0 Å². The molecule has 0 aliphatic heterocycles. The highest BCUT2D eigenvalue weighted by Crippen LogP contribution is 2.19. The van der Waals surface area contributed by atoms with E-state index in [4.69, 9.17) is 8.54 Å². The summed E-state index contributed by atoms with van der Waals surface area (Å²) in [5.74, 6) is 0. The van der Waals surface area contributed by atoms with Crippen LogP contribution in [-0.2, 0) is 8.54 Å². The molecule has 0 bridgehead atoms. The van der Waals surface area contributed by atoms with Crippen molar-refractivity contribution in [2.45, 2.75) is 89.9 Å². The van der Waals surface area contributed by atoms with E-state index >= 15 is 0 Å². The second kappa shape index (κ2) is 10.3. The molecule has 0 aliphatic rings. The summed E-state index contributed by atoms with van der Waals surface area (Å²) in [6, 6.07) is 2.66. The molecule has 0 aromatic rings. The second-order valence-electron chi connectivity index (χ2n) is 7.51. The van der Waals surface area contributed by atoms with E-state index < -0.39 is 25.7 Å². The zero-order valence-electron chi connectivity index (χ0n) is 15.1. The molecule has 0 unspecified atom stereocenters. The summed E-state index contributed by atoms with van der Waals surface area (Å²) in [5.41, 5.74) is 0. The average Bonchev–Trinajstić information content (AvgIpc) is 2.30. The highest BCUT2D eigenvalue weighted by molar-refractivity contribution is 6.77. The van der Waals surface area contributed by atoms with Gasteiger partial charge in [-0.25, -0.2) is 0 Å². The number of unbranched alkanes of at least 4 members (excludes halogenated alkanes) is 5. The zero-order chi connectivity index (χ0) is 15.6. The van der Waals surface area contributed by atoms with E-state index in [1.54, 1.807) is 0 Å². The van der Waals surface area contributed by atoms with Gasteiger partial charge in [0.15, 0.2) is 25.7 Å². The van der Waals surface area contributed by atoms with E-state index in [9.17, 15) is 0 Å². The van der Waals surface area contributed by atoms with Crippen LogP contribution in [0.5, 0.6) is 0 Å². The molecule has 0 radical (unpaired) electrons. The molecule has 0 aromatic heterocycles. The summed E-state index contributed by atoms with van der Waals surface area (Å²) in [6.45, 7) is 14.0. The molecular weight excluding hydrogens is 296 g/mol. The number of hydrogen-bond donors (Lipinski definition) is 0. The third-order valence-electron chi connectivity index (χ3n) is 3.92. The highest BCUT2D eigenvalue weighted by Gasteiger charge is 2.22. The maximum absolute atomic E-state index is 6.20. The summed E-state index contributed by atoms with van der Waals surface area (Å²) in [5, 5.41) is 0. The Kier molecular flexibility index (Phi) is 10.6. The summed E-state index contributed by atoms with van der Waals surface area (Å²) in [6.07, 6.45) is 8.31. The predicted octanol–water partition coefficient (Wildman–Crippen LogP) is 5.38. The van der Waals surface area contributed by atoms with Crippen LogP contribution in [0.4, 0.5) is 0 Å². The van der Waals surface area contributed by atoms with Crippen LogP contribution >= 0.6 is 0 Å². The molecule has 0 N–H and O–H groups in total. The summed E-state index contributed by atoms with van der Waals surface area (Å²) < 4.78 is 11.8. The van der Waals surface area contributed by atoms with E-state index in [2.05, 4.69) is 39.3 Å². The Bertz CT molecular complexity index is 243. The van der Waals surface area contributed by atoms with Gasteiger partial charge in [0, 0.05) is 7.11 Å². The molecule has 0 saturated heterocycles. The monoisotopic (exact) mass is 334 g/mol. The topological polar surface area (TPSA) is 18.5 Å². The molecule has 0 fully saturated rings. The van der Waals surface area contributed by atoms with E-state index in [-0.39, 0.29) is 0 Å². The van der Waals surface area contributed by atoms with Crippen LogP contribution in [-0.4, -0.2) is 32.8 Å². The van der Waals surface area contributed by atoms with Gasteiger partial charge in [-0.05, 0) is 51.4 Å². The van der Waals surface area contributed by atoms with Crippen LogP contribution in [0.3, 0.4) is 0 Å². The molecule has 0 aliphatic carbocycles. The molecule has 0 spiro atoms. The Morgan fingerprint density at radius 3 is 1.50 bits per heavy atom. The van der Waals surface area contributed by atoms with Gasteiger partial charge in [0.1, 0.15) is 0 Å². The minimum atomic E-state index is -1.32. The van der Waals surface area contributed by atoms with Crippen molar-refractivity contribution in [3.05, 3.63) is 0 Å². The van der Waals surface area contributed by atoms with E-state index in [1.807, 2.05) is 7.11 Å². The van der Waals surface area contributed by atoms with E-state index in [0.29, 0.717) is 0 Å². The van der Waals surface area contributed by atoms with E-state index in [0.717, 1.165) is 0 Å².